The molecular formula is C34H26F3N3O6S2. The second kappa shape index (κ2) is 11.1. The molecule has 3 fully saturated rings. The smallest absolute Gasteiger partial charge is 0.418 e. The van der Waals surface area contributed by atoms with Crippen molar-refractivity contribution in [3.8, 4) is 5.75 Å². The Bertz CT molecular complexity index is 2060. The third-order valence-corrected chi connectivity index (χ3v) is 12.8. The highest BCUT2D eigenvalue weighted by molar-refractivity contribution is 8.00. The molecule has 14 heteroatoms. The minimum atomic E-state index is -4.78. The van der Waals surface area contributed by atoms with Gasteiger partial charge >= 0.3 is 11.0 Å². The highest BCUT2D eigenvalue weighted by atomic mass is 32.2. The van der Waals surface area contributed by atoms with Crippen LogP contribution < -0.4 is 14.5 Å². The average molecular weight is 694 g/mol. The number of nitro benzene ring substituents is 1. The Balaban J connectivity index is 1.22. The van der Waals surface area contributed by atoms with E-state index in [1.165, 1.54) is 36.0 Å². The molecule has 1 aromatic heterocycles. The third kappa shape index (κ3) is 4.71. The number of ether oxygens (including phenoxy) is 1. The number of aryl methyl sites for hydroxylation is 1. The summed E-state index contributed by atoms with van der Waals surface area (Å²) < 4.78 is 48.3. The largest absolute Gasteiger partial charge is 0.489 e. The monoisotopic (exact) mass is 693 g/mol. The molecule has 8 rings (SSSR count). The molecule has 7 atom stereocenters. The molecule has 0 spiro atoms. The van der Waals surface area contributed by atoms with Crippen LogP contribution in [-0.4, -0.2) is 27.0 Å². The summed E-state index contributed by atoms with van der Waals surface area (Å²) in [6.45, 7) is 2.14. The van der Waals surface area contributed by atoms with Gasteiger partial charge < -0.3 is 9.72 Å². The summed E-state index contributed by atoms with van der Waals surface area (Å²) in [7, 11) is 0. The number of H-pyrrole nitrogens is 1. The molecule has 4 aliphatic rings. The van der Waals surface area contributed by atoms with Crippen LogP contribution in [0.25, 0.3) is 0 Å². The number of benzene rings is 3. The highest BCUT2D eigenvalue weighted by Gasteiger charge is 2.70. The fourth-order valence-corrected chi connectivity index (χ4v) is 11.3. The maximum Gasteiger partial charge on any atom is 0.418 e. The number of imide groups is 1. The lowest BCUT2D eigenvalue weighted by Gasteiger charge is -2.43. The zero-order valence-corrected chi connectivity index (χ0v) is 26.7. The second-order valence-electron chi connectivity index (χ2n) is 12.7. The Morgan fingerprint density at radius 1 is 1.00 bits per heavy atom. The van der Waals surface area contributed by atoms with Gasteiger partial charge in [-0.25, -0.2) is 4.90 Å². The molecule has 1 N–H and O–H groups in total. The van der Waals surface area contributed by atoms with Crippen LogP contribution in [0.15, 0.2) is 76.6 Å². The van der Waals surface area contributed by atoms with E-state index < -0.39 is 57.8 Å². The Morgan fingerprint density at radius 2 is 1.71 bits per heavy atom. The third-order valence-electron chi connectivity index (χ3n) is 10.2. The lowest BCUT2D eigenvalue weighted by Crippen LogP contribution is -2.42. The summed E-state index contributed by atoms with van der Waals surface area (Å²) in [4.78, 5) is 56.2. The number of alkyl halides is 3. The first-order valence-corrected chi connectivity index (χ1v) is 17.0. The topological polar surface area (TPSA) is 123 Å². The van der Waals surface area contributed by atoms with Gasteiger partial charge in [0.05, 0.1) is 33.0 Å². The van der Waals surface area contributed by atoms with E-state index in [0.29, 0.717) is 27.6 Å². The number of hydrogen-bond acceptors (Lipinski definition) is 8. The van der Waals surface area contributed by atoms with E-state index in [4.69, 9.17) is 4.74 Å². The molecule has 1 saturated heterocycles. The number of amides is 2. The number of nitro groups is 1. The number of nitrogens with zero attached hydrogens (tertiary/aromatic N) is 2. The van der Waals surface area contributed by atoms with Crippen molar-refractivity contribution in [3.63, 3.8) is 0 Å². The molecule has 246 valence electrons. The summed E-state index contributed by atoms with van der Waals surface area (Å²) in [5.74, 6) is -4.32. The summed E-state index contributed by atoms with van der Waals surface area (Å²) in [5.41, 5.74) is 0.736. The first-order valence-electron chi connectivity index (χ1n) is 15.3. The molecule has 3 aromatic carbocycles. The van der Waals surface area contributed by atoms with Gasteiger partial charge in [0, 0.05) is 33.7 Å². The predicted octanol–water partition coefficient (Wildman–Crippen LogP) is 6.93. The summed E-state index contributed by atoms with van der Waals surface area (Å²) in [5, 5.41) is 12.3. The minimum absolute atomic E-state index is 0.171. The number of halogens is 3. The van der Waals surface area contributed by atoms with E-state index >= 15 is 0 Å². The fourth-order valence-electron chi connectivity index (χ4n) is 8.38. The molecule has 2 amide bonds. The zero-order chi connectivity index (χ0) is 33.6. The van der Waals surface area contributed by atoms with Crippen LogP contribution in [0.3, 0.4) is 0 Å². The van der Waals surface area contributed by atoms with Crippen molar-refractivity contribution in [1.29, 1.82) is 0 Å². The van der Waals surface area contributed by atoms with Gasteiger partial charge in [-0.2, -0.15) is 13.2 Å². The van der Waals surface area contributed by atoms with Crippen LogP contribution in [0.5, 0.6) is 5.75 Å². The average Bonchev–Trinajstić information content (AvgIpc) is 3.79. The molecule has 2 aliphatic heterocycles. The molecule has 3 heterocycles. The molecule has 2 bridgehead atoms. The number of hydrogen-bond donors (Lipinski definition) is 1. The standard InChI is InChI=1S/C34H26F3N3O6S2/c1-15-6-8-16(9-7-15)14-46-23-11-10-17(40(44)45)12-18(23)24-25-19-13-20(28(25)47-30-29(24)48-33(43)38-30)27-26(19)31(41)39(32(27)42)22-5-3-2-4-21(22)34(35,36)37/h2-12,19-20,24-28H,13-14H2,1H3,(H,38,43)/t19-,20-,24+,25+,26+,27+,28-/m1/s1. The Morgan fingerprint density at radius 3 is 2.42 bits per heavy atom. The number of para-hydroxylation sites is 1. The maximum absolute atomic E-state index is 14.1. The number of aromatic amines is 1. The summed E-state index contributed by atoms with van der Waals surface area (Å²) in [6, 6.07) is 16.7. The minimum Gasteiger partial charge on any atom is -0.489 e. The van der Waals surface area contributed by atoms with Crippen molar-refractivity contribution in [3.05, 3.63) is 114 Å². The van der Waals surface area contributed by atoms with Crippen molar-refractivity contribution < 1.29 is 32.4 Å². The van der Waals surface area contributed by atoms with E-state index in [1.54, 1.807) is 6.07 Å². The van der Waals surface area contributed by atoms with Gasteiger partial charge in [0.15, 0.2) is 0 Å². The number of non-ortho nitro benzene ring substituents is 1. The van der Waals surface area contributed by atoms with Gasteiger partial charge in [0.2, 0.25) is 11.8 Å². The lowest BCUT2D eigenvalue weighted by atomic mass is 9.68. The van der Waals surface area contributed by atoms with E-state index in [1.807, 2.05) is 31.2 Å². The highest BCUT2D eigenvalue weighted by Crippen LogP contribution is 2.69. The van der Waals surface area contributed by atoms with E-state index in [-0.39, 0.29) is 34.3 Å². The Labute approximate surface area is 279 Å². The van der Waals surface area contributed by atoms with Crippen LogP contribution in [-0.2, 0) is 22.4 Å². The van der Waals surface area contributed by atoms with Gasteiger partial charge in [-0.05, 0) is 54.9 Å². The lowest BCUT2D eigenvalue weighted by molar-refractivity contribution is -0.385. The number of aromatic nitrogens is 1. The SMILES string of the molecule is Cc1ccc(COc2ccc([N+](=O)[O-])cc2[C@@H]2c3sc(=O)[nH]c3S[C@@H]3[C@@H]4C[C@@H]([C@@H]5C(=O)N(c6ccccc6C(F)(F)F)C(=O)[C@@H]45)[C@@H]23)cc1. The Hall–Kier alpha value is -4.43. The van der Waals surface area contributed by atoms with E-state index in [2.05, 4.69) is 4.98 Å². The van der Waals surface area contributed by atoms with Crippen LogP contribution in [0.1, 0.15) is 39.5 Å². The molecular weight excluding hydrogens is 668 g/mol. The maximum atomic E-state index is 14.1. The number of thioether (sulfide) groups is 1. The molecule has 48 heavy (non-hydrogen) atoms. The van der Waals surface area contributed by atoms with Gasteiger partial charge in [-0.15, -0.1) is 11.8 Å². The molecule has 4 aromatic rings. The molecule has 0 unspecified atom stereocenters. The summed E-state index contributed by atoms with van der Waals surface area (Å²) in [6.07, 6.45) is -4.28. The van der Waals surface area contributed by atoms with Gasteiger partial charge in [0.1, 0.15) is 12.4 Å². The zero-order valence-electron chi connectivity index (χ0n) is 25.1. The van der Waals surface area contributed by atoms with Crippen molar-refractivity contribution in [2.24, 2.45) is 29.6 Å². The van der Waals surface area contributed by atoms with Crippen molar-refractivity contribution in [2.75, 3.05) is 4.90 Å². The van der Waals surface area contributed by atoms with Gasteiger partial charge in [-0.1, -0.05) is 53.3 Å². The van der Waals surface area contributed by atoms with Gasteiger partial charge in [0.25, 0.3) is 5.69 Å². The van der Waals surface area contributed by atoms with E-state index in [0.717, 1.165) is 39.5 Å². The molecule has 0 radical (unpaired) electrons. The number of carbonyl (C=O) groups is 2. The van der Waals surface area contributed by atoms with Crippen molar-refractivity contribution in [1.82, 2.24) is 4.98 Å². The number of thiazole rings is 1. The number of fused-ring (bicyclic) bond motifs is 9. The fraction of sp³-hybridized carbons (Fsp3) is 0.324. The first-order chi connectivity index (χ1) is 22.9. The van der Waals surface area contributed by atoms with E-state index in [9.17, 15) is 37.7 Å². The van der Waals surface area contributed by atoms with Gasteiger partial charge in [-0.3, -0.25) is 24.5 Å². The molecule has 2 saturated carbocycles. The number of rotatable bonds is 6. The normalized spacial score (nSPS) is 27.2. The summed E-state index contributed by atoms with van der Waals surface area (Å²) >= 11 is 2.41. The Kier molecular flexibility index (Phi) is 7.11. The van der Waals surface area contributed by atoms with Crippen LogP contribution in [0, 0.1) is 46.6 Å². The quantitative estimate of drug-likeness (QED) is 0.132. The molecule has 2 aliphatic carbocycles. The predicted molar refractivity (Wildman–Crippen MR) is 171 cm³/mol. The number of nitrogens with one attached hydrogen (secondary N) is 1. The van der Waals surface area contributed by atoms with Crippen LogP contribution >= 0.6 is 23.1 Å². The van der Waals surface area contributed by atoms with Crippen molar-refractivity contribution in [2.45, 2.75) is 42.3 Å². The number of carbonyl (C=O) groups excluding carboxylic acids is 2. The van der Waals surface area contributed by atoms with Crippen LogP contribution in [0.2, 0.25) is 0 Å². The van der Waals surface area contributed by atoms with Crippen LogP contribution in [0.4, 0.5) is 24.5 Å². The first kappa shape index (κ1) is 30.9. The molecule has 9 nitrogen and oxygen atoms in total. The second-order valence-corrected chi connectivity index (χ2v) is 14.9. The van der Waals surface area contributed by atoms with Crippen molar-refractivity contribution >= 4 is 46.3 Å². The number of anilines is 1.